The first-order chi connectivity index (χ1) is 9.63. The maximum Gasteiger partial charge on any atom is 0.198 e. The number of rotatable bonds is 2. The lowest BCUT2D eigenvalue weighted by Crippen LogP contribution is -1.79. The molecule has 1 heterocycles. The van der Waals surface area contributed by atoms with E-state index in [2.05, 4.69) is 25.9 Å². The second kappa shape index (κ2) is 5.31. The highest BCUT2D eigenvalue weighted by atomic mass is 79.9. The predicted octanol–water partition coefficient (Wildman–Crippen LogP) is 5.04. The zero-order valence-electron chi connectivity index (χ0n) is 10.3. The van der Waals surface area contributed by atoms with Gasteiger partial charge >= 0.3 is 0 Å². The molecule has 3 aromatic rings. The first-order valence-electron chi connectivity index (χ1n) is 5.93. The summed E-state index contributed by atoms with van der Waals surface area (Å²) in [6, 6.07) is 13.0. The third-order valence-electron chi connectivity index (χ3n) is 2.93. The molecule has 0 saturated carbocycles. The van der Waals surface area contributed by atoms with E-state index in [0.29, 0.717) is 10.6 Å². The topological polar surface area (TPSA) is 48.4 Å². The largest absolute Gasteiger partial charge is 0.494 e. The lowest BCUT2D eigenvalue weighted by Gasteiger charge is -1.96. The normalized spacial score (nSPS) is 11.5. The van der Waals surface area contributed by atoms with Crippen LogP contribution in [0.4, 0.5) is 5.69 Å². The van der Waals surface area contributed by atoms with Crippen molar-refractivity contribution in [3.05, 3.63) is 57.5 Å². The Morgan fingerprint density at radius 1 is 1.20 bits per heavy atom. The Hall–Kier alpha value is -1.78. The Bertz CT molecular complexity index is 811. The Morgan fingerprint density at radius 2 is 2.05 bits per heavy atom. The Morgan fingerprint density at radius 3 is 2.85 bits per heavy atom. The van der Waals surface area contributed by atoms with E-state index >= 15 is 0 Å². The zero-order chi connectivity index (χ0) is 14.1. The maximum atomic E-state index is 9.97. The van der Waals surface area contributed by atoms with Crippen molar-refractivity contribution in [3.8, 4) is 5.88 Å². The summed E-state index contributed by atoms with van der Waals surface area (Å²) in [5.74, 6) is 0.101. The summed E-state index contributed by atoms with van der Waals surface area (Å²) in [5, 5.41) is 11.5. The molecule has 0 fully saturated rings. The van der Waals surface area contributed by atoms with Crippen molar-refractivity contribution in [3.63, 3.8) is 0 Å². The minimum Gasteiger partial charge on any atom is -0.494 e. The number of aromatic amines is 1. The van der Waals surface area contributed by atoms with Crippen LogP contribution in [0.2, 0.25) is 5.02 Å². The fourth-order valence-corrected chi connectivity index (χ4v) is 2.54. The van der Waals surface area contributed by atoms with Crippen LogP contribution < -0.4 is 0 Å². The van der Waals surface area contributed by atoms with E-state index in [0.717, 1.165) is 21.1 Å². The van der Waals surface area contributed by atoms with Gasteiger partial charge in [0.15, 0.2) is 5.88 Å². The van der Waals surface area contributed by atoms with E-state index in [1.807, 2.05) is 30.3 Å². The number of nitrogens with zero attached hydrogens (tertiary/aromatic N) is 1. The van der Waals surface area contributed by atoms with Crippen LogP contribution in [-0.2, 0) is 0 Å². The van der Waals surface area contributed by atoms with Crippen LogP contribution in [0, 0.1) is 0 Å². The monoisotopic (exact) mass is 348 g/mol. The van der Waals surface area contributed by atoms with E-state index in [1.165, 1.54) is 0 Å². The fourth-order valence-electron chi connectivity index (χ4n) is 2.00. The van der Waals surface area contributed by atoms with E-state index in [-0.39, 0.29) is 5.88 Å². The highest BCUT2D eigenvalue weighted by Crippen LogP contribution is 2.29. The third kappa shape index (κ3) is 2.57. The summed E-state index contributed by atoms with van der Waals surface area (Å²) >= 11 is 9.34. The molecule has 0 aliphatic rings. The van der Waals surface area contributed by atoms with Gasteiger partial charge in [0.2, 0.25) is 0 Å². The number of aliphatic imine (C=N–C) groups is 1. The molecule has 0 aliphatic heterocycles. The molecule has 2 N–H and O–H groups in total. The summed E-state index contributed by atoms with van der Waals surface area (Å²) in [7, 11) is 0. The number of aromatic nitrogens is 1. The molecular formula is C15H10BrClN2O. The average Bonchev–Trinajstić information content (AvgIpc) is 2.72. The number of aromatic hydroxyl groups is 1. The molecule has 0 amide bonds. The van der Waals surface area contributed by atoms with Gasteiger partial charge in [0.05, 0.1) is 11.3 Å². The molecule has 2 aromatic carbocycles. The first-order valence-corrected chi connectivity index (χ1v) is 7.10. The van der Waals surface area contributed by atoms with Crippen molar-refractivity contribution in [1.82, 2.24) is 4.98 Å². The zero-order valence-corrected chi connectivity index (χ0v) is 12.6. The van der Waals surface area contributed by atoms with Gasteiger partial charge < -0.3 is 10.1 Å². The highest BCUT2D eigenvalue weighted by molar-refractivity contribution is 9.10. The number of fused-ring (bicyclic) bond motifs is 1. The minimum atomic E-state index is 0.101. The summed E-state index contributed by atoms with van der Waals surface area (Å²) in [4.78, 5) is 7.26. The molecular weight excluding hydrogens is 340 g/mol. The van der Waals surface area contributed by atoms with Crippen molar-refractivity contribution in [2.24, 2.45) is 4.99 Å². The van der Waals surface area contributed by atoms with Crippen LogP contribution in [0.3, 0.4) is 0 Å². The van der Waals surface area contributed by atoms with Gasteiger partial charge in [-0.25, -0.2) is 0 Å². The molecule has 3 rings (SSSR count). The summed E-state index contributed by atoms with van der Waals surface area (Å²) in [6.07, 6.45) is 1.63. The lowest BCUT2D eigenvalue weighted by atomic mass is 10.2. The van der Waals surface area contributed by atoms with Crippen LogP contribution in [0.15, 0.2) is 51.9 Å². The average molecular weight is 350 g/mol. The van der Waals surface area contributed by atoms with Gasteiger partial charge in [-0.15, -0.1) is 0 Å². The van der Waals surface area contributed by atoms with Crippen molar-refractivity contribution in [2.75, 3.05) is 0 Å². The molecule has 0 unspecified atom stereocenters. The number of nitrogens with one attached hydrogen (secondary N) is 1. The predicted molar refractivity (Wildman–Crippen MR) is 86.4 cm³/mol. The van der Waals surface area contributed by atoms with Crippen molar-refractivity contribution >= 4 is 50.3 Å². The van der Waals surface area contributed by atoms with Crippen LogP contribution in [0.1, 0.15) is 5.56 Å². The number of halogens is 2. The van der Waals surface area contributed by atoms with E-state index < -0.39 is 0 Å². The van der Waals surface area contributed by atoms with E-state index in [1.54, 1.807) is 18.3 Å². The van der Waals surface area contributed by atoms with Gasteiger partial charge in [0, 0.05) is 26.6 Å². The Labute approximate surface area is 129 Å². The van der Waals surface area contributed by atoms with Gasteiger partial charge in [0.25, 0.3) is 0 Å². The van der Waals surface area contributed by atoms with Crippen LogP contribution in [-0.4, -0.2) is 16.3 Å². The SMILES string of the molecule is Oc1[nH]c2ccc(Br)cc2c1C=Nc1cccc(Cl)c1. The van der Waals surface area contributed by atoms with Gasteiger partial charge in [-0.2, -0.15) is 0 Å². The number of hydrogen-bond acceptors (Lipinski definition) is 2. The lowest BCUT2D eigenvalue weighted by molar-refractivity contribution is 0.457. The summed E-state index contributed by atoms with van der Waals surface area (Å²) in [6.45, 7) is 0. The number of benzene rings is 2. The van der Waals surface area contributed by atoms with Gasteiger partial charge in [-0.1, -0.05) is 33.6 Å². The molecule has 1 aromatic heterocycles. The summed E-state index contributed by atoms with van der Waals surface area (Å²) in [5.41, 5.74) is 2.25. The van der Waals surface area contributed by atoms with E-state index in [4.69, 9.17) is 11.6 Å². The maximum absolute atomic E-state index is 9.97. The quantitative estimate of drug-likeness (QED) is 0.626. The molecule has 0 saturated heterocycles. The molecule has 0 aliphatic carbocycles. The fraction of sp³-hybridized carbons (Fsp3) is 0. The molecule has 3 nitrogen and oxygen atoms in total. The Balaban J connectivity index is 2.06. The minimum absolute atomic E-state index is 0.101. The molecule has 100 valence electrons. The Kier molecular flexibility index (Phi) is 3.51. The smallest absolute Gasteiger partial charge is 0.198 e. The molecule has 20 heavy (non-hydrogen) atoms. The van der Waals surface area contributed by atoms with Crippen molar-refractivity contribution in [2.45, 2.75) is 0 Å². The first kappa shape index (κ1) is 13.2. The number of H-pyrrole nitrogens is 1. The molecule has 0 bridgehead atoms. The van der Waals surface area contributed by atoms with Gasteiger partial charge in [-0.3, -0.25) is 4.99 Å². The van der Waals surface area contributed by atoms with E-state index in [9.17, 15) is 5.11 Å². The molecule has 0 atom stereocenters. The van der Waals surface area contributed by atoms with Crippen LogP contribution >= 0.6 is 27.5 Å². The highest BCUT2D eigenvalue weighted by Gasteiger charge is 2.08. The molecule has 0 radical (unpaired) electrons. The van der Waals surface area contributed by atoms with Crippen molar-refractivity contribution < 1.29 is 5.11 Å². The molecule has 5 heteroatoms. The van der Waals surface area contributed by atoms with Crippen LogP contribution in [0.25, 0.3) is 10.9 Å². The third-order valence-corrected chi connectivity index (χ3v) is 3.66. The second-order valence-electron chi connectivity index (χ2n) is 4.32. The van der Waals surface area contributed by atoms with Crippen molar-refractivity contribution in [1.29, 1.82) is 0 Å². The standard InChI is InChI=1S/C15H10BrClN2O/c16-9-4-5-14-12(6-9)13(15(20)19-14)8-18-11-3-1-2-10(17)7-11/h1-8,19-20H. The summed E-state index contributed by atoms with van der Waals surface area (Å²) < 4.78 is 0.946. The van der Waals surface area contributed by atoms with Crippen LogP contribution in [0.5, 0.6) is 5.88 Å². The second-order valence-corrected chi connectivity index (χ2v) is 5.67. The van der Waals surface area contributed by atoms with Gasteiger partial charge in [-0.05, 0) is 36.4 Å². The number of hydrogen-bond donors (Lipinski definition) is 2. The molecule has 0 spiro atoms. The van der Waals surface area contributed by atoms with Gasteiger partial charge in [0.1, 0.15) is 0 Å².